The summed E-state index contributed by atoms with van der Waals surface area (Å²) in [6.45, 7) is 13.3. The minimum Gasteiger partial charge on any atom is -0.380 e. The Kier molecular flexibility index (Phi) is 5.67. The van der Waals surface area contributed by atoms with Crippen LogP contribution in [0.3, 0.4) is 0 Å². The molecule has 0 bridgehead atoms. The van der Waals surface area contributed by atoms with E-state index in [1.807, 2.05) is 29.2 Å². The summed E-state index contributed by atoms with van der Waals surface area (Å²) in [6, 6.07) is 23.2. The minimum atomic E-state index is -0.425. The Bertz CT molecular complexity index is 1350. The molecule has 1 N–H and O–H groups in total. The van der Waals surface area contributed by atoms with Crippen molar-refractivity contribution in [3.05, 3.63) is 98.6 Å². The zero-order chi connectivity index (χ0) is 25.2. The average molecular weight is 577 g/mol. The molecule has 3 aromatic rings. The summed E-state index contributed by atoms with van der Waals surface area (Å²) in [5.74, 6) is 0.0312. The lowest BCUT2D eigenvalue weighted by Gasteiger charge is -2.47. The molecule has 180 valence electrons. The van der Waals surface area contributed by atoms with E-state index in [9.17, 15) is 4.79 Å². The number of hydrogen-bond donors (Lipinski definition) is 1. The van der Waals surface area contributed by atoms with E-state index in [-0.39, 0.29) is 16.9 Å². The standard InChI is InChI=1S/C31H33IN2O/c1-20-18-30(4,5)34(28(35)21-11-14-23(32)15-12-21)27-16-13-22(17-24(20)27)31(6)19-29(2,3)33-26-10-8-7-9-25(26)31/h7-18,33H,19H2,1-6H3/t31-/m0/s1. The maximum absolute atomic E-state index is 13.8. The highest BCUT2D eigenvalue weighted by molar-refractivity contribution is 14.1. The van der Waals surface area contributed by atoms with E-state index in [0.29, 0.717) is 5.56 Å². The molecule has 3 aromatic carbocycles. The fourth-order valence-electron chi connectivity index (χ4n) is 6.18. The van der Waals surface area contributed by atoms with E-state index >= 15 is 0 Å². The molecule has 2 aliphatic rings. The van der Waals surface area contributed by atoms with Gasteiger partial charge in [-0.1, -0.05) is 37.3 Å². The Morgan fingerprint density at radius 1 is 0.943 bits per heavy atom. The summed E-state index contributed by atoms with van der Waals surface area (Å²) < 4.78 is 1.12. The lowest BCUT2D eigenvalue weighted by Crippen LogP contribution is -2.49. The Morgan fingerprint density at radius 2 is 1.63 bits per heavy atom. The van der Waals surface area contributed by atoms with Crippen molar-refractivity contribution in [1.29, 1.82) is 0 Å². The topological polar surface area (TPSA) is 32.3 Å². The number of fused-ring (bicyclic) bond motifs is 2. The Morgan fingerprint density at radius 3 is 2.34 bits per heavy atom. The number of anilines is 2. The van der Waals surface area contributed by atoms with Crippen LogP contribution in [-0.4, -0.2) is 17.0 Å². The number of halogens is 1. The average Bonchev–Trinajstić information content (AvgIpc) is 2.78. The van der Waals surface area contributed by atoms with Crippen LogP contribution in [0.5, 0.6) is 0 Å². The van der Waals surface area contributed by atoms with Gasteiger partial charge in [-0.3, -0.25) is 9.69 Å². The van der Waals surface area contributed by atoms with E-state index in [0.717, 1.165) is 21.2 Å². The lowest BCUT2D eigenvalue weighted by molar-refractivity contribution is 0.0970. The van der Waals surface area contributed by atoms with Crippen LogP contribution in [0, 0.1) is 3.57 Å². The van der Waals surface area contributed by atoms with Crippen LogP contribution in [0.1, 0.15) is 75.0 Å². The van der Waals surface area contributed by atoms with E-state index in [4.69, 9.17) is 0 Å². The largest absolute Gasteiger partial charge is 0.380 e. The van der Waals surface area contributed by atoms with E-state index < -0.39 is 5.54 Å². The smallest absolute Gasteiger partial charge is 0.259 e. The van der Waals surface area contributed by atoms with E-state index in [2.05, 4.69) is 118 Å². The van der Waals surface area contributed by atoms with E-state index in [1.165, 1.54) is 22.4 Å². The third-order valence-corrected chi connectivity index (χ3v) is 8.25. The summed E-state index contributed by atoms with van der Waals surface area (Å²) >= 11 is 2.27. The molecule has 0 saturated heterocycles. The third-order valence-electron chi connectivity index (χ3n) is 7.53. The van der Waals surface area contributed by atoms with Crippen molar-refractivity contribution < 1.29 is 4.79 Å². The molecule has 0 fully saturated rings. The first kappa shape index (κ1) is 24.1. The second-order valence-corrected chi connectivity index (χ2v) is 12.7. The summed E-state index contributed by atoms with van der Waals surface area (Å²) in [7, 11) is 0. The zero-order valence-electron chi connectivity index (χ0n) is 21.4. The molecule has 0 unspecified atom stereocenters. The fraction of sp³-hybridized carbons (Fsp3) is 0.323. The molecular formula is C31H33IN2O. The van der Waals surface area contributed by atoms with Gasteiger partial charge in [0.05, 0.1) is 11.2 Å². The minimum absolute atomic E-state index is 0.0291. The lowest BCUT2D eigenvalue weighted by atomic mass is 9.65. The molecule has 0 saturated carbocycles. The van der Waals surface area contributed by atoms with E-state index in [1.54, 1.807) is 0 Å². The Hall–Kier alpha value is -2.60. The number of rotatable bonds is 2. The van der Waals surface area contributed by atoms with Gasteiger partial charge in [0.25, 0.3) is 5.91 Å². The maximum atomic E-state index is 13.8. The molecular weight excluding hydrogens is 543 g/mol. The van der Waals surface area contributed by atoms with Crippen LogP contribution in [-0.2, 0) is 5.41 Å². The van der Waals surface area contributed by atoms with Crippen LogP contribution < -0.4 is 10.2 Å². The van der Waals surface area contributed by atoms with Gasteiger partial charge in [-0.2, -0.15) is 0 Å². The quantitative estimate of drug-likeness (QED) is 0.313. The van der Waals surface area contributed by atoms with Crippen molar-refractivity contribution in [2.75, 3.05) is 10.2 Å². The van der Waals surface area contributed by atoms with Gasteiger partial charge in [0.2, 0.25) is 0 Å². The summed E-state index contributed by atoms with van der Waals surface area (Å²) in [4.78, 5) is 15.7. The third kappa shape index (κ3) is 4.10. The van der Waals surface area contributed by atoms with Crippen LogP contribution in [0.25, 0.3) is 5.57 Å². The molecule has 1 atom stereocenters. The highest BCUT2D eigenvalue weighted by Gasteiger charge is 2.43. The van der Waals surface area contributed by atoms with Gasteiger partial charge in [0, 0.05) is 31.3 Å². The zero-order valence-corrected chi connectivity index (χ0v) is 23.5. The first-order chi connectivity index (χ1) is 16.4. The molecule has 4 heteroatoms. The summed E-state index contributed by atoms with van der Waals surface area (Å²) in [5.41, 5.74) is 7.25. The number of hydrogen-bond acceptors (Lipinski definition) is 2. The molecule has 0 aliphatic carbocycles. The molecule has 2 heterocycles. The monoisotopic (exact) mass is 576 g/mol. The van der Waals surface area contributed by atoms with Crippen LogP contribution in [0.4, 0.5) is 11.4 Å². The van der Waals surface area contributed by atoms with Crippen molar-refractivity contribution in [3.63, 3.8) is 0 Å². The number of benzene rings is 3. The molecule has 0 spiro atoms. The summed E-state index contributed by atoms with van der Waals surface area (Å²) in [5, 5.41) is 3.72. The number of amides is 1. The number of allylic oxidation sites excluding steroid dienone is 1. The second-order valence-electron chi connectivity index (χ2n) is 11.4. The molecule has 35 heavy (non-hydrogen) atoms. The highest BCUT2D eigenvalue weighted by Crippen LogP contribution is 2.49. The van der Waals surface area contributed by atoms with Crippen molar-refractivity contribution >= 4 is 45.4 Å². The van der Waals surface area contributed by atoms with Crippen molar-refractivity contribution in [1.82, 2.24) is 0 Å². The number of carbonyl (C=O) groups excluding carboxylic acids is 1. The molecule has 0 radical (unpaired) electrons. The van der Waals surface area contributed by atoms with Crippen molar-refractivity contribution in [3.8, 4) is 0 Å². The molecule has 2 aliphatic heterocycles. The van der Waals surface area contributed by atoms with Gasteiger partial charge in [-0.25, -0.2) is 0 Å². The molecule has 3 nitrogen and oxygen atoms in total. The number of nitrogens with one attached hydrogen (secondary N) is 1. The molecule has 5 rings (SSSR count). The normalized spacial score (nSPS) is 21.9. The first-order valence-corrected chi connectivity index (χ1v) is 13.3. The van der Waals surface area contributed by atoms with Crippen molar-refractivity contribution in [2.24, 2.45) is 0 Å². The second kappa shape index (κ2) is 8.22. The van der Waals surface area contributed by atoms with Crippen LogP contribution in [0.2, 0.25) is 0 Å². The number of para-hydroxylation sites is 1. The van der Waals surface area contributed by atoms with Gasteiger partial charge in [-0.05, 0) is 123 Å². The maximum Gasteiger partial charge on any atom is 0.259 e. The number of nitrogens with zero attached hydrogens (tertiary/aromatic N) is 1. The fourth-order valence-corrected chi connectivity index (χ4v) is 6.54. The SMILES string of the molecule is CC1=CC(C)(C)N(C(=O)c2ccc(I)cc2)c2ccc([C@]3(C)CC(C)(C)Nc4ccccc43)cc21. The predicted molar refractivity (Wildman–Crippen MR) is 155 cm³/mol. The predicted octanol–water partition coefficient (Wildman–Crippen LogP) is 8.03. The summed E-state index contributed by atoms with van der Waals surface area (Å²) in [6.07, 6.45) is 3.21. The van der Waals surface area contributed by atoms with Gasteiger partial charge in [0.15, 0.2) is 0 Å². The van der Waals surface area contributed by atoms with Gasteiger partial charge in [0.1, 0.15) is 0 Å². The van der Waals surface area contributed by atoms with Crippen LogP contribution >= 0.6 is 22.6 Å². The first-order valence-electron chi connectivity index (χ1n) is 12.2. The number of carbonyl (C=O) groups is 1. The van der Waals surface area contributed by atoms with Crippen LogP contribution in [0.15, 0.2) is 72.8 Å². The molecule has 0 aromatic heterocycles. The van der Waals surface area contributed by atoms with Gasteiger partial charge in [-0.15, -0.1) is 0 Å². The van der Waals surface area contributed by atoms with Gasteiger partial charge < -0.3 is 5.32 Å². The van der Waals surface area contributed by atoms with Gasteiger partial charge >= 0.3 is 0 Å². The molecule has 1 amide bonds. The Labute approximate surface area is 222 Å². The highest BCUT2D eigenvalue weighted by atomic mass is 127. The van der Waals surface area contributed by atoms with Crippen molar-refractivity contribution in [2.45, 2.75) is 64.5 Å². The Balaban J connectivity index is 1.64.